The Hall–Kier alpha value is -2.51. The molecule has 11 heavy (non-hydrogen) atoms. The quantitative estimate of drug-likeness (QED) is 0.422. The molecule has 1 rings (SSSR count). The molecule has 0 radical (unpaired) electrons. The van der Waals surface area contributed by atoms with Crippen LogP contribution in [-0.2, 0) is 0 Å². The van der Waals surface area contributed by atoms with E-state index < -0.39 is 4.92 Å². The van der Waals surface area contributed by atoms with Crippen LogP contribution in [0.5, 0.6) is 0 Å². The molecule has 0 saturated carbocycles. The largest absolute Gasteiger partial charge is 0.258 e. The Morgan fingerprint density at radius 2 is 1.73 bits per heavy atom. The maximum atomic E-state index is 10.1. The summed E-state index contributed by atoms with van der Waals surface area (Å²) in [7, 11) is 0. The van der Waals surface area contributed by atoms with Gasteiger partial charge in [0.05, 0.1) is 4.92 Å². The SMILES string of the molecule is [CH2-]c1ccc([N+](=O)[O-])cc1.[Cm]. The minimum absolute atomic E-state index is 0. The van der Waals surface area contributed by atoms with Crippen LogP contribution in [-0.4, -0.2) is 4.92 Å². The molecule has 1 aromatic carbocycles. The topological polar surface area (TPSA) is 43.1 Å². The molecule has 0 aliphatic heterocycles. The van der Waals surface area contributed by atoms with Gasteiger partial charge in [-0.2, -0.15) is 24.6 Å². The number of nitro benzene ring substituents is 1. The summed E-state index contributed by atoms with van der Waals surface area (Å²) in [5, 5.41) is 10.1. The first-order valence-corrected chi connectivity index (χ1v) is 2.76. The van der Waals surface area contributed by atoms with E-state index in [-0.39, 0.29) is 5.69 Å². The molecule has 0 atom stereocenters. The van der Waals surface area contributed by atoms with Crippen LogP contribution in [0.4, 0.5) is 5.69 Å². The van der Waals surface area contributed by atoms with Crippen molar-refractivity contribution in [2.24, 2.45) is 0 Å². The standard InChI is InChI=1S/C7H6NO2.Cm/c1-6-2-4-7(5-3-6)8(9)10;/h2-5H,1H2;/q-1;. The van der Waals surface area contributed by atoms with Gasteiger partial charge in [0.25, 0.3) is 0 Å². The Morgan fingerprint density at radius 1 is 1.27 bits per heavy atom. The molecule has 0 aliphatic carbocycles. The van der Waals surface area contributed by atoms with Crippen LogP contribution >= 0.6 is 0 Å². The fourth-order valence-electron chi connectivity index (χ4n) is 0.618. The first-order chi connectivity index (χ1) is 4.70. The minimum Gasteiger partial charge on any atom is -0.258 e. The van der Waals surface area contributed by atoms with E-state index in [2.05, 4.69) is 6.92 Å². The second kappa shape index (κ2) is 2.87. The third-order valence-electron chi connectivity index (χ3n) is 1.15. The molecule has 0 N–H and O–H groups in total. The summed E-state index contributed by atoms with van der Waals surface area (Å²) in [5.74, 6) is 0. The summed E-state index contributed by atoms with van der Waals surface area (Å²) >= 11 is 0. The van der Waals surface area contributed by atoms with E-state index in [4.69, 9.17) is 0 Å². The van der Waals surface area contributed by atoms with E-state index in [1.807, 2.05) is 0 Å². The van der Waals surface area contributed by atoms with Crippen molar-refractivity contribution >= 4 is 5.69 Å². The van der Waals surface area contributed by atoms with Crippen LogP contribution in [0.2, 0.25) is 0 Å². The van der Waals surface area contributed by atoms with E-state index in [9.17, 15) is 10.1 Å². The zero-order valence-corrected chi connectivity index (χ0v) is 8.58. The number of benzene rings is 1. The number of nitrogens with zero attached hydrogens (tertiary/aromatic N) is 1. The molecule has 0 amide bonds. The first kappa shape index (κ1) is 8.49. The van der Waals surface area contributed by atoms with Crippen molar-refractivity contribution in [3.05, 3.63) is 46.9 Å². The van der Waals surface area contributed by atoms with Crippen LogP contribution in [0.3, 0.4) is 0 Å². The Morgan fingerprint density at radius 3 is 2.09 bits per heavy atom. The molecule has 0 saturated heterocycles. The maximum Gasteiger partial charge on any atom is 0.245 e. The van der Waals surface area contributed by atoms with Gasteiger partial charge in [0, 0.05) is 0 Å². The molecule has 4 heteroatoms. The minimum atomic E-state index is -0.431. The number of non-ortho nitro benzene ring substituents is 1. The van der Waals surface area contributed by atoms with Crippen molar-refractivity contribution in [1.29, 1.82) is 0 Å². The molecule has 0 heterocycles. The zero-order valence-electron chi connectivity index (χ0n) is 5.63. The second-order valence-electron chi connectivity index (χ2n) is 1.92. The molecule has 60 valence electrons. The molecule has 0 aromatic heterocycles. The second-order valence-corrected chi connectivity index (χ2v) is 1.92. The predicted molar refractivity (Wildman–Crippen MR) is 37.6 cm³/mol. The normalized spacial score (nSPS) is 8.36. The van der Waals surface area contributed by atoms with Crippen molar-refractivity contribution in [3.8, 4) is 0 Å². The smallest absolute Gasteiger partial charge is 0.245 e. The van der Waals surface area contributed by atoms with Gasteiger partial charge in [-0.1, -0.05) is 0 Å². The van der Waals surface area contributed by atoms with Crippen LogP contribution in [0.1, 0.15) is 5.56 Å². The first-order valence-electron chi connectivity index (χ1n) is 2.76. The molecule has 3 nitrogen and oxygen atoms in total. The van der Waals surface area contributed by atoms with Gasteiger partial charge in [0.1, 0.15) is 0 Å². The van der Waals surface area contributed by atoms with Crippen molar-refractivity contribution in [3.63, 3.8) is 0 Å². The average Bonchev–Trinajstić information content (AvgIpc) is 1.88. The van der Waals surface area contributed by atoms with E-state index in [0.29, 0.717) is 0 Å². The van der Waals surface area contributed by atoms with Crippen LogP contribution in [0.15, 0.2) is 24.3 Å². The molecule has 1 aromatic rings. The number of hydrogen-bond acceptors (Lipinski definition) is 2. The fraction of sp³-hybridized carbons (Fsp3) is 0. The Bertz CT molecular complexity index is 245. The Kier molecular flexibility index (Phi) is 2.21. The van der Waals surface area contributed by atoms with Crippen molar-refractivity contribution in [2.75, 3.05) is 0 Å². The number of rotatable bonds is 1. The molecule has 0 bridgehead atoms. The van der Waals surface area contributed by atoms with Crippen LogP contribution < -0.4 is 0 Å². The van der Waals surface area contributed by atoms with Gasteiger partial charge in [-0.15, -0.1) is 0 Å². The fourth-order valence-corrected chi connectivity index (χ4v) is 0.618. The molecule has 0 spiro atoms. The van der Waals surface area contributed by atoms with E-state index in [1.54, 1.807) is 12.1 Å². The van der Waals surface area contributed by atoms with E-state index in [1.165, 1.54) is 12.1 Å². The average molecular weight is 383 g/mol. The summed E-state index contributed by atoms with van der Waals surface area (Å²) in [4.78, 5) is 9.67. The molecular formula is C7H6CmNO2-. The predicted octanol–water partition coefficient (Wildman–Crippen LogP) is 1.78. The van der Waals surface area contributed by atoms with Gasteiger partial charge in [0.15, 0.2) is 0 Å². The third-order valence-corrected chi connectivity index (χ3v) is 1.15. The molecule has 0 fully saturated rings. The monoisotopic (exact) mass is 379 g/mol. The van der Waals surface area contributed by atoms with Crippen molar-refractivity contribution in [2.45, 2.75) is 0 Å². The molecule has 0 unspecified atom stereocenters. The molecular weight excluding hydrogens is 377 g/mol. The molecule has 0 aliphatic rings. The van der Waals surface area contributed by atoms with Gasteiger partial charge in [-0.3, -0.25) is 10.1 Å². The van der Waals surface area contributed by atoms with Gasteiger partial charge in [-0.25, -0.2) is 0 Å². The Labute approximate surface area is 58.4 Å². The van der Waals surface area contributed by atoms with Crippen LogP contribution in [0.25, 0.3) is 0 Å². The van der Waals surface area contributed by atoms with Gasteiger partial charge in [0.2, 0.25) is 5.69 Å². The maximum absolute atomic E-state index is 10.1. The Balaban J connectivity index is 0.000001000. The van der Waals surface area contributed by atoms with Crippen molar-refractivity contribution in [1.82, 2.24) is 0 Å². The van der Waals surface area contributed by atoms with Gasteiger partial charge < -0.3 is 0 Å². The van der Waals surface area contributed by atoms with E-state index in [0.717, 1.165) is 5.56 Å². The summed E-state index contributed by atoms with van der Waals surface area (Å²) < 4.78 is 0. The summed E-state index contributed by atoms with van der Waals surface area (Å²) in [6, 6.07) is 6.08. The third kappa shape index (κ3) is 1.71. The van der Waals surface area contributed by atoms with Crippen LogP contribution in [0, 0.1) is 17.0 Å². The van der Waals surface area contributed by atoms with E-state index >= 15 is 0 Å². The summed E-state index contributed by atoms with van der Waals surface area (Å²) in [6.07, 6.45) is 0. The van der Waals surface area contributed by atoms with Gasteiger partial charge >= 0.3 is 0 Å². The summed E-state index contributed by atoms with van der Waals surface area (Å²) in [5.41, 5.74) is 0.887. The van der Waals surface area contributed by atoms with Gasteiger partial charge in [-0.05, 0) is 12.1 Å². The number of nitro groups is 1. The zero-order chi connectivity index (χ0) is 7.56. The summed E-state index contributed by atoms with van der Waals surface area (Å²) in [6.45, 7) is 3.60. The van der Waals surface area contributed by atoms with Crippen molar-refractivity contribution < 1.29 is 4.92 Å². The number of hydrogen-bond donors (Lipinski definition) is 0.